The Labute approximate surface area is 158 Å². The first-order valence-corrected chi connectivity index (χ1v) is 8.77. The highest BCUT2D eigenvalue weighted by Gasteiger charge is 2.49. The average Bonchev–Trinajstić information content (AvgIpc) is 3.11. The molecule has 1 aromatic heterocycles. The van der Waals surface area contributed by atoms with Crippen LogP contribution in [0.1, 0.15) is 28.2 Å². The molecule has 0 saturated carbocycles. The van der Waals surface area contributed by atoms with Gasteiger partial charge in [0.1, 0.15) is 16.7 Å². The van der Waals surface area contributed by atoms with Crippen molar-refractivity contribution < 1.29 is 18.3 Å². The van der Waals surface area contributed by atoms with E-state index < -0.39 is 18.1 Å². The number of carbonyl (C=O) groups is 1. The highest BCUT2D eigenvalue weighted by molar-refractivity contribution is 7.12. The molecule has 0 aliphatic carbocycles. The summed E-state index contributed by atoms with van der Waals surface area (Å²) in [5, 5.41) is 20.2. The Bertz CT molecular complexity index is 922. The molecular weight excluding hydrogens is 374 g/mol. The summed E-state index contributed by atoms with van der Waals surface area (Å²) in [6.45, 7) is -1.14. The Balaban J connectivity index is 2.06. The van der Waals surface area contributed by atoms with Gasteiger partial charge in [0.2, 0.25) is 5.91 Å². The molecule has 2 N–H and O–H groups in total. The van der Waals surface area contributed by atoms with E-state index in [9.17, 15) is 13.6 Å². The normalized spacial score (nSPS) is 22.5. The number of nitrogens with zero attached hydrogens (tertiary/aromatic N) is 2. The number of likely N-dealkylation sites (N-methyl/N-ethyl adjacent to an activating group) is 1. The largest absolute Gasteiger partial charge is 0.435 e. The summed E-state index contributed by atoms with van der Waals surface area (Å²) in [6.07, 6.45) is 0. The van der Waals surface area contributed by atoms with Crippen LogP contribution in [0, 0.1) is 16.7 Å². The molecule has 1 aliphatic heterocycles. The quantitative estimate of drug-likeness (QED) is 0.839. The number of halogens is 2. The molecular formula is C18H16F2N4O2S. The van der Waals surface area contributed by atoms with E-state index in [1.54, 1.807) is 31.2 Å². The summed E-state index contributed by atoms with van der Waals surface area (Å²) >= 11 is 1.24. The van der Waals surface area contributed by atoms with Crippen molar-refractivity contribution in [2.24, 2.45) is 0 Å². The van der Waals surface area contributed by atoms with Gasteiger partial charge in [-0.05, 0) is 36.8 Å². The monoisotopic (exact) mass is 390 g/mol. The summed E-state index contributed by atoms with van der Waals surface area (Å²) in [5.74, 6) is -1.09. The van der Waals surface area contributed by atoms with Gasteiger partial charge in [0.15, 0.2) is 5.96 Å². The van der Waals surface area contributed by atoms with Crippen molar-refractivity contribution in [2.45, 2.75) is 25.0 Å². The van der Waals surface area contributed by atoms with Crippen molar-refractivity contribution in [3.05, 3.63) is 51.7 Å². The molecule has 0 spiro atoms. The number of ether oxygens (including phenoxy) is 1. The van der Waals surface area contributed by atoms with Crippen LogP contribution in [0.3, 0.4) is 0 Å². The third kappa shape index (κ3) is 3.36. The highest BCUT2D eigenvalue weighted by Crippen LogP contribution is 2.43. The fourth-order valence-electron chi connectivity index (χ4n) is 3.15. The molecule has 140 valence electrons. The van der Waals surface area contributed by atoms with Gasteiger partial charge in [0, 0.05) is 11.9 Å². The lowest BCUT2D eigenvalue weighted by molar-refractivity contribution is -0.131. The first kappa shape index (κ1) is 18.8. The van der Waals surface area contributed by atoms with Crippen molar-refractivity contribution in [3.63, 3.8) is 0 Å². The van der Waals surface area contributed by atoms with Crippen LogP contribution in [0.5, 0.6) is 5.75 Å². The number of carbonyl (C=O) groups excluding carboxylic acids is 1. The summed E-state index contributed by atoms with van der Waals surface area (Å²) < 4.78 is 29.1. The second kappa shape index (κ2) is 6.96. The Morgan fingerprint density at radius 1 is 1.33 bits per heavy atom. The van der Waals surface area contributed by atoms with Crippen LogP contribution in [0.4, 0.5) is 8.78 Å². The molecule has 2 heterocycles. The second-order valence-corrected chi connectivity index (χ2v) is 7.31. The summed E-state index contributed by atoms with van der Waals surface area (Å²) in [7, 11) is 1.49. The maximum atomic E-state index is 13.0. The molecule has 1 aliphatic rings. The first-order chi connectivity index (χ1) is 12.8. The molecule has 1 saturated heterocycles. The van der Waals surface area contributed by atoms with E-state index in [0.29, 0.717) is 10.4 Å². The zero-order chi connectivity index (χ0) is 19.8. The van der Waals surface area contributed by atoms with E-state index in [4.69, 9.17) is 10.7 Å². The van der Waals surface area contributed by atoms with Gasteiger partial charge in [-0.2, -0.15) is 14.0 Å². The smallest absolute Gasteiger partial charge is 0.387 e. The van der Waals surface area contributed by atoms with E-state index in [1.807, 2.05) is 0 Å². The van der Waals surface area contributed by atoms with Crippen LogP contribution in [0.25, 0.3) is 0 Å². The topological polar surface area (TPSA) is 89.2 Å². The van der Waals surface area contributed by atoms with Gasteiger partial charge in [0.25, 0.3) is 0 Å². The number of amides is 1. The number of guanidine groups is 1. The fraction of sp³-hybridized carbons (Fsp3) is 0.278. The number of hydrogen-bond donors (Lipinski definition) is 2. The Morgan fingerprint density at radius 3 is 2.56 bits per heavy atom. The third-order valence-corrected chi connectivity index (χ3v) is 5.76. The first-order valence-electron chi connectivity index (χ1n) is 7.95. The minimum absolute atomic E-state index is 0.00402. The highest BCUT2D eigenvalue weighted by atomic mass is 32.1. The minimum atomic E-state index is -2.93. The van der Waals surface area contributed by atoms with E-state index in [2.05, 4.69) is 16.1 Å². The predicted octanol–water partition coefficient (Wildman–Crippen LogP) is 3.22. The zero-order valence-electron chi connectivity index (χ0n) is 14.5. The molecule has 0 radical (unpaired) electrons. The van der Waals surface area contributed by atoms with Crippen molar-refractivity contribution in [3.8, 4) is 11.8 Å². The van der Waals surface area contributed by atoms with Crippen molar-refractivity contribution in [1.29, 1.82) is 10.7 Å². The average molecular weight is 390 g/mol. The Hall–Kier alpha value is -2.99. The number of hydrogen-bond acceptors (Lipinski definition) is 5. The molecule has 1 unspecified atom stereocenters. The van der Waals surface area contributed by atoms with Gasteiger partial charge in [0.05, 0.1) is 11.5 Å². The number of benzene rings is 1. The van der Waals surface area contributed by atoms with E-state index >= 15 is 0 Å². The Morgan fingerprint density at radius 2 is 2.00 bits per heavy atom. The lowest BCUT2D eigenvalue weighted by Gasteiger charge is -2.45. The van der Waals surface area contributed by atoms with Crippen LogP contribution in [-0.2, 0) is 10.3 Å². The number of alkyl halides is 2. The molecule has 1 amide bonds. The zero-order valence-corrected chi connectivity index (χ0v) is 15.3. The number of thiophene rings is 1. The van der Waals surface area contributed by atoms with Crippen LogP contribution in [-0.4, -0.2) is 30.4 Å². The van der Waals surface area contributed by atoms with Crippen LogP contribution >= 0.6 is 11.3 Å². The van der Waals surface area contributed by atoms with Gasteiger partial charge >= 0.3 is 6.61 Å². The van der Waals surface area contributed by atoms with Gasteiger partial charge < -0.3 is 10.1 Å². The SMILES string of the molecule is CN1C(=N)N[C@](C)(c2ccc(C#N)s2)C(c2ccc(OC(F)F)cc2)C1=O. The number of rotatable bonds is 4. The maximum absolute atomic E-state index is 13.0. The summed E-state index contributed by atoms with van der Waals surface area (Å²) in [4.78, 5) is 15.4. The van der Waals surface area contributed by atoms with Crippen LogP contribution in [0.15, 0.2) is 36.4 Å². The molecule has 0 bridgehead atoms. The van der Waals surface area contributed by atoms with Crippen LogP contribution in [0.2, 0.25) is 0 Å². The van der Waals surface area contributed by atoms with Crippen molar-refractivity contribution >= 4 is 23.2 Å². The lowest BCUT2D eigenvalue weighted by atomic mass is 9.77. The molecule has 9 heteroatoms. The standard InChI is InChI=1S/C18H16F2N4O2S/c1-18(13-8-7-12(9-21)27-13)14(15(25)24(2)17(22)23-18)10-3-5-11(6-4-10)26-16(19)20/h3-8,14,16H,1-2H3,(H2,22,23)/t14?,18-/m1/s1. The van der Waals surface area contributed by atoms with Crippen molar-refractivity contribution in [2.75, 3.05) is 7.05 Å². The van der Waals surface area contributed by atoms with Gasteiger partial charge in [-0.15, -0.1) is 11.3 Å². The third-order valence-electron chi connectivity index (χ3n) is 4.54. The van der Waals surface area contributed by atoms with Gasteiger partial charge in [-0.1, -0.05) is 12.1 Å². The molecule has 1 aromatic carbocycles. The molecule has 2 aromatic rings. The molecule has 1 fully saturated rings. The second-order valence-electron chi connectivity index (χ2n) is 6.23. The summed E-state index contributed by atoms with van der Waals surface area (Å²) in [5.41, 5.74) is -0.381. The van der Waals surface area contributed by atoms with E-state index in [1.165, 1.54) is 35.4 Å². The van der Waals surface area contributed by atoms with Crippen molar-refractivity contribution in [1.82, 2.24) is 10.2 Å². The fourth-order valence-corrected chi connectivity index (χ4v) is 4.09. The molecule has 27 heavy (non-hydrogen) atoms. The van der Waals surface area contributed by atoms with Crippen LogP contribution < -0.4 is 10.1 Å². The minimum Gasteiger partial charge on any atom is -0.435 e. The van der Waals surface area contributed by atoms with E-state index in [0.717, 1.165) is 4.88 Å². The van der Waals surface area contributed by atoms with Gasteiger partial charge in [-0.25, -0.2) is 0 Å². The van der Waals surface area contributed by atoms with E-state index in [-0.39, 0.29) is 17.6 Å². The van der Waals surface area contributed by atoms with Gasteiger partial charge in [-0.3, -0.25) is 15.1 Å². The Kier molecular flexibility index (Phi) is 4.85. The predicted molar refractivity (Wildman–Crippen MR) is 95.8 cm³/mol. The molecule has 6 nitrogen and oxygen atoms in total. The number of nitriles is 1. The summed E-state index contributed by atoms with van der Waals surface area (Å²) in [6, 6.07) is 11.4. The lowest BCUT2D eigenvalue weighted by Crippen LogP contribution is -2.62. The molecule has 2 atom stereocenters. The maximum Gasteiger partial charge on any atom is 0.387 e. The molecule has 3 rings (SSSR count). The number of nitrogens with one attached hydrogen (secondary N) is 2.